The molecule has 1 amide bonds. The highest BCUT2D eigenvalue weighted by atomic mass is 35.5. The van der Waals surface area contributed by atoms with Crippen LogP contribution in [-0.4, -0.2) is 32.0 Å². The zero-order chi connectivity index (χ0) is 18.4. The molecule has 3 aromatic rings. The first-order chi connectivity index (χ1) is 12.5. The van der Waals surface area contributed by atoms with Gasteiger partial charge >= 0.3 is 0 Å². The number of hydrogen-bond acceptors (Lipinski definition) is 4. The van der Waals surface area contributed by atoms with Gasteiger partial charge in [-0.3, -0.25) is 14.2 Å². The quantitative estimate of drug-likeness (QED) is 0.746. The number of hydrogen-bond donors (Lipinski definition) is 1. The van der Waals surface area contributed by atoms with Gasteiger partial charge in [0.05, 0.1) is 21.8 Å². The third kappa shape index (κ3) is 2.62. The molecule has 0 bridgehead atoms. The lowest BCUT2D eigenvalue weighted by Crippen LogP contribution is -2.31. The molecule has 132 valence electrons. The first kappa shape index (κ1) is 16.9. The van der Waals surface area contributed by atoms with Crippen molar-refractivity contribution in [2.24, 2.45) is 0 Å². The van der Waals surface area contributed by atoms with Crippen molar-refractivity contribution in [3.8, 4) is 5.75 Å². The average molecular weight is 390 g/mol. The lowest BCUT2D eigenvalue weighted by atomic mass is 10.1. The summed E-state index contributed by atoms with van der Waals surface area (Å²) in [5.41, 5.74) is 1.34. The standard InChI is InChI=1S/C18H13Cl2N3O3/c19-12-7-13(20)16(24)15-14(12)18(26)23(9-21-15)6-5-22-8-10-3-1-2-4-11(10)17(22)25/h1-4,7,9,24H,5-6,8H2. The highest BCUT2D eigenvalue weighted by Crippen LogP contribution is 2.34. The van der Waals surface area contributed by atoms with Crippen LogP contribution in [0.4, 0.5) is 0 Å². The van der Waals surface area contributed by atoms with Crippen LogP contribution in [0.2, 0.25) is 10.0 Å². The Bertz CT molecular complexity index is 1110. The zero-order valence-electron chi connectivity index (χ0n) is 13.4. The number of phenolic OH excluding ortho intramolecular Hbond substituents is 1. The maximum absolute atomic E-state index is 12.7. The van der Waals surface area contributed by atoms with Crippen molar-refractivity contribution in [2.45, 2.75) is 13.1 Å². The van der Waals surface area contributed by atoms with E-state index in [1.165, 1.54) is 17.0 Å². The Morgan fingerprint density at radius 1 is 1.12 bits per heavy atom. The number of halogens is 2. The minimum absolute atomic E-state index is 0.0348. The van der Waals surface area contributed by atoms with Crippen LogP contribution >= 0.6 is 23.2 Å². The average Bonchev–Trinajstić information content (AvgIpc) is 2.95. The molecule has 6 nitrogen and oxygen atoms in total. The minimum Gasteiger partial charge on any atom is -0.504 e. The highest BCUT2D eigenvalue weighted by molar-refractivity contribution is 6.39. The van der Waals surface area contributed by atoms with Gasteiger partial charge in [0, 0.05) is 25.2 Å². The molecule has 1 aliphatic heterocycles. The summed E-state index contributed by atoms with van der Waals surface area (Å²) in [7, 11) is 0. The number of amides is 1. The fraction of sp³-hybridized carbons (Fsp3) is 0.167. The van der Waals surface area contributed by atoms with E-state index < -0.39 is 5.56 Å². The number of fused-ring (bicyclic) bond motifs is 2. The van der Waals surface area contributed by atoms with Crippen LogP contribution in [0.3, 0.4) is 0 Å². The number of phenols is 1. The maximum atomic E-state index is 12.7. The van der Waals surface area contributed by atoms with E-state index in [-0.39, 0.29) is 39.1 Å². The van der Waals surface area contributed by atoms with E-state index in [1.54, 1.807) is 11.0 Å². The van der Waals surface area contributed by atoms with E-state index >= 15 is 0 Å². The number of carbonyl (C=O) groups excluding carboxylic acids is 1. The summed E-state index contributed by atoms with van der Waals surface area (Å²) in [6.45, 7) is 1.14. The summed E-state index contributed by atoms with van der Waals surface area (Å²) in [6.07, 6.45) is 1.32. The smallest absolute Gasteiger partial charge is 0.262 e. The molecular formula is C18H13Cl2N3O3. The summed E-state index contributed by atoms with van der Waals surface area (Å²) in [4.78, 5) is 30.9. The molecule has 0 spiro atoms. The molecule has 2 heterocycles. The summed E-state index contributed by atoms with van der Waals surface area (Å²) < 4.78 is 1.37. The van der Waals surface area contributed by atoms with Gasteiger partial charge in [-0.25, -0.2) is 4.98 Å². The van der Waals surface area contributed by atoms with Crippen molar-refractivity contribution in [3.05, 3.63) is 68.2 Å². The lowest BCUT2D eigenvalue weighted by molar-refractivity contribution is 0.0772. The molecule has 0 fully saturated rings. The SMILES string of the molecule is O=C1c2ccccc2CN1CCn1cnc2c(O)c(Cl)cc(Cl)c2c1=O. The van der Waals surface area contributed by atoms with Gasteiger partial charge in [-0.2, -0.15) is 0 Å². The molecule has 0 unspecified atom stereocenters. The highest BCUT2D eigenvalue weighted by Gasteiger charge is 2.26. The molecule has 4 rings (SSSR count). The van der Waals surface area contributed by atoms with Crippen molar-refractivity contribution in [2.75, 3.05) is 6.54 Å². The minimum atomic E-state index is -0.392. The van der Waals surface area contributed by atoms with Gasteiger partial charge < -0.3 is 10.0 Å². The van der Waals surface area contributed by atoms with Gasteiger partial charge in [0.2, 0.25) is 0 Å². The molecule has 0 aliphatic carbocycles. The normalized spacial score (nSPS) is 13.5. The van der Waals surface area contributed by atoms with Crippen molar-refractivity contribution in [3.63, 3.8) is 0 Å². The Labute approximate surface area is 158 Å². The van der Waals surface area contributed by atoms with Gasteiger partial charge in [-0.15, -0.1) is 0 Å². The lowest BCUT2D eigenvalue weighted by Gasteiger charge is -2.16. The van der Waals surface area contributed by atoms with E-state index in [4.69, 9.17) is 23.2 Å². The van der Waals surface area contributed by atoms with Crippen LogP contribution in [0, 0.1) is 0 Å². The van der Waals surface area contributed by atoms with E-state index in [9.17, 15) is 14.7 Å². The fourth-order valence-corrected chi connectivity index (χ4v) is 3.67. The summed E-state index contributed by atoms with van der Waals surface area (Å²) >= 11 is 12.0. The Kier molecular flexibility index (Phi) is 4.09. The van der Waals surface area contributed by atoms with Crippen LogP contribution in [0.25, 0.3) is 10.9 Å². The second-order valence-corrected chi connectivity index (χ2v) is 6.85. The van der Waals surface area contributed by atoms with Gasteiger partial charge in [0.25, 0.3) is 11.5 Å². The summed E-state index contributed by atoms with van der Waals surface area (Å²) in [6, 6.07) is 8.76. The maximum Gasteiger partial charge on any atom is 0.262 e. The molecule has 1 N–H and O–H groups in total. The Balaban J connectivity index is 1.62. The Morgan fingerprint density at radius 2 is 1.88 bits per heavy atom. The van der Waals surface area contributed by atoms with Crippen molar-refractivity contribution < 1.29 is 9.90 Å². The topological polar surface area (TPSA) is 75.4 Å². The molecule has 0 saturated carbocycles. The second-order valence-electron chi connectivity index (χ2n) is 6.04. The largest absolute Gasteiger partial charge is 0.504 e. The Morgan fingerprint density at radius 3 is 2.65 bits per heavy atom. The summed E-state index contributed by atoms with van der Waals surface area (Å²) in [5.74, 6) is -0.328. The van der Waals surface area contributed by atoms with Gasteiger partial charge in [0.1, 0.15) is 5.52 Å². The number of rotatable bonds is 3. The zero-order valence-corrected chi connectivity index (χ0v) is 15.0. The third-order valence-corrected chi connectivity index (χ3v) is 5.07. The van der Waals surface area contributed by atoms with Crippen LogP contribution in [0.1, 0.15) is 15.9 Å². The summed E-state index contributed by atoms with van der Waals surface area (Å²) in [5, 5.41) is 10.2. The van der Waals surface area contributed by atoms with E-state index in [2.05, 4.69) is 4.98 Å². The monoisotopic (exact) mass is 389 g/mol. The molecule has 8 heteroatoms. The van der Waals surface area contributed by atoms with E-state index in [0.29, 0.717) is 18.7 Å². The molecule has 1 aliphatic rings. The Hall–Kier alpha value is -2.57. The molecular weight excluding hydrogens is 377 g/mol. The van der Waals surface area contributed by atoms with E-state index in [1.807, 2.05) is 18.2 Å². The second kappa shape index (κ2) is 6.30. The van der Waals surface area contributed by atoms with Crippen LogP contribution in [-0.2, 0) is 13.1 Å². The van der Waals surface area contributed by atoms with Gasteiger partial charge in [-0.05, 0) is 17.7 Å². The molecule has 26 heavy (non-hydrogen) atoms. The predicted molar refractivity (Wildman–Crippen MR) is 98.9 cm³/mol. The first-order valence-corrected chi connectivity index (χ1v) is 8.66. The number of benzene rings is 2. The van der Waals surface area contributed by atoms with E-state index in [0.717, 1.165) is 5.56 Å². The van der Waals surface area contributed by atoms with Gasteiger partial charge in [0.15, 0.2) is 5.75 Å². The van der Waals surface area contributed by atoms with Crippen LogP contribution < -0.4 is 5.56 Å². The fourth-order valence-electron chi connectivity index (χ4n) is 3.13. The number of aromatic hydroxyl groups is 1. The van der Waals surface area contributed by atoms with Gasteiger partial charge in [-0.1, -0.05) is 41.4 Å². The van der Waals surface area contributed by atoms with Crippen molar-refractivity contribution in [1.29, 1.82) is 0 Å². The van der Waals surface area contributed by atoms with Crippen LogP contribution in [0.5, 0.6) is 5.75 Å². The number of nitrogens with zero attached hydrogens (tertiary/aromatic N) is 3. The first-order valence-electron chi connectivity index (χ1n) is 7.90. The molecule has 2 aromatic carbocycles. The third-order valence-electron chi connectivity index (χ3n) is 4.49. The molecule has 0 atom stereocenters. The molecule has 1 aromatic heterocycles. The number of aromatic nitrogens is 2. The predicted octanol–water partition coefficient (Wildman–Crippen LogP) is 3.06. The van der Waals surface area contributed by atoms with Crippen molar-refractivity contribution in [1.82, 2.24) is 14.5 Å². The van der Waals surface area contributed by atoms with Crippen LogP contribution in [0.15, 0.2) is 41.5 Å². The molecule has 0 saturated heterocycles. The molecule has 0 radical (unpaired) electrons. The van der Waals surface area contributed by atoms with Crippen molar-refractivity contribution >= 4 is 40.0 Å². The number of carbonyl (C=O) groups is 1.